The number of nitrogens with zero attached hydrogens (tertiary/aromatic N) is 2. The molecule has 1 aliphatic rings. The van der Waals surface area contributed by atoms with Gasteiger partial charge >= 0.3 is 0 Å². The van der Waals surface area contributed by atoms with Crippen molar-refractivity contribution in [1.29, 1.82) is 0 Å². The molecule has 0 bridgehead atoms. The van der Waals surface area contributed by atoms with Gasteiger partial charge in [0, 0.05) is 39.5 Å². The number of likely N-dealkylation sites (tertiary alicyclic amines) is 1. The van der Waals surface area contributed by atoms with Crippen LogP contribution >= 0.6 is 0 Å². The first kappa shape index (κ1) is 14.2. The van der Waals surface area contributed by atoms with Crippen LogP contribution in [0.3, 0.4) is 0 Å². The highest BCUT2D eigenvalue weighted by atomic mass is 16.2. The third-order valence-corrected chi connectivity index (χ3v) is 2.65. The molecule has 0 saturated carbocycles. The second-order valence-electron chi connectivity index (χ2n) is 3.96. The van der Waals surface area contributed by atoms with E-state index in [0.29, 0.717) is 44.9 Å². The standard InChI is InChI=1S/C12H20N4O2/c1-3-7-14-12(13-2)15-8-9-16-10(17)5-4-6-11(16)18/h3H,1,4-9H2,2H3,(H2,13,14,15). The Balaban J connectivity index is 2.33. The minimum absolute atomic E-state index is 0.0814. The number of nitrogens with one attached hydrogen (secondary N) is 2. The molecule has 0 atom stereocenters. The molecule has 0 aromatic carbocycles. The Hall–Kier alpha value is -1.85. The van der Waals surface area contributed by atoms with Crippen molar-refractivity contribution in [1.82, 2.24) is 15.5 Å². The van der Waals surface area contributed by atoms with Gasteiger partial charge in [-0.3, -0.25) is 19.5 Å². The maximum atomic E-state index is 11.5. The largest absolute Gasteiger partial charge is 0.355 e. The SMILES string of the molecule is C=CCNC(=NC)NCCN1C(=O)CCCC1=O. The van der Waals surface area contributed by atoms with Crippen LogP contribution in [0.1, 0.15) is 19.3 Å². The number of carbonyl (C=O) groups excluding carboxylic acids is 2. The van der Waals surface area contributed by atoms with Crippen molar-refractivity contribution in [3.8, 4) is 0 Å². The van der Waals surface area contributed by atoms with Gasteiger partial charge in [-0.05, 0) is 6.42 Å². The van der Waals surface area contributed by atoms with E-state index in [1.807, 2.05) is 0 Å². The topological polar surface area (TPSA) is 73.8 Å². The van der Waals surface area contributed by atoms with E-state index in [0.717, 1.165) is 0 Å². The number of guanidine groups is 1. The minimum atomic E-state index is -0.0814. The molecule has 1 fully saturated rings. The lowest BCUT2D eigenvalue weighted by Crippen LogP contribution is -2.46. The maximum Gasteiger partial charge on any atom is 0.229 e. The zero-order valence-electron chi connectivity index (χ0n) is 10.7. The summed E-state index contributed by atoms with van der Waals surface area (Å²) in [4.78, 5) is 28.4. The van der Waals surface area contributed by atoms with Gasteiger partial charge in [0.1, 0.15) is 0 Å². The molecule has 1 heterocycles. The fourth-order valence-corrected chi connectivity index (χ4v) is 1.72. The van der Waals surface area contributed by atoms with Crippen LogP contribution < -0.4 is 10.6 Å². The normalized spacial score (nSPS) is 16.7. The molecule has 0 spiro atoms. The van der Waals surface area contributed by atoms with E-state index in [4.69, 9.17) is 0 Å². The van der Waals surface area contributed by atoms with E-state index in [1.54, 1.807) is 13.1 Å². The Kier molecular flexibility index (Phi) is 5.90. The van der Waals surface area contributed by atoms with Crippen molar-refractivity contribution in [2.24, 2.45) is 4.99 Å². The molecular weight excluding hydrogens is 232 g/mol. The molecule has 6 nitrogen and oxygen atoms in total. The minimum Gasteiger partial charge on any atom is -0.355 e. The van der Waals surface area contributed by atoms with Gasteiger partial charge in [-0.2, -0.15) is 0 Å². The monoisotopic (exact) mass is 252 g/mol. The molecule has 1 saturated heterocycles. The molecule has 0 unspecified atom stereocenters. The Morgan fingerprint density at radius 1 is 1.39 bits per heavy atom. The molecular formula is C12H20N4O2. The van der Waals surface area contributed by atoms with Gasteiger partial charge in [0.25, 0.3) is 0 Å². The van der Waals surface area contributed by atoms with Crippen LogP contribution in [0.4, 0.5) is 0 Å². The lowest BCUT2D eigenvalue weighted by molar-refractivity contribution is -0.147. The lowest BCUT2D eigenvalue weighted by Gasteiger charge is -2.25. The van der Waals surface area contributed by atoms with E-state index in [9.17, 15) is 9.59 Å². The number of carbonyl (C=O) groups is 2. The van der Waals surface area contributed by atoms with E-state index in [2.05, 4.69) is 22.2 Å². The van der Waals surface area contributed by atoms with Crippen molar-refractivity contribution in [3.63, 3.8) is 0 Å². The van der Waals surface area contributed by atoms with E-state index in [1.165, 1.54) is 4.90 Å². The summed E-state index contributed by atoms with van der Waals surface area (Å²) in [5.74, 6) is 0.469. The lowest BCUT2D eigenvalue weighted by atomic mass is 10.1. The van der Waals surface area contributed by atoms with Gasteiger partial charge in [0.15, 0.2) is 5.96 Å². The predicted molar refractivity (Wildman–Crippen MR) is 70.1 cm³/mol. The first-order valence-corrected chi connectivity index (χ1v) is 6.07. The van der Waals surface area contributed by atoms with Gasteiger partial charge in [-0.1, -0.05) is 6.08 Å². The van der Waals surface area contributed by atoms with Crippen molar-refractivity contribution < 1.29 is 9.59 Å². The van der Waals surface area contributed by atoms with E-state index < -0.39 is 0 Å². The Morgan fingerprint density at radius 2 is 2.06 bits per heavy atom. The second-order valence-corrected chi connectivity index (χ2v) is 3.96. The summed E-state index contributed by atoms with van der Waals surface area (Å²) >= 11 is 0. The predicted octanol–water partition coefficient (Wildman–Crippen LogP) is -0.124. The van der Waals surface area contributed by atoms with E-state index in [-0.39, 0.29) is 11.8 Å². The highest BCUT2D eigenvalue weighted by Crippen LogP contribution is 2.11. The molecule has 0 aromatic rings. The average Bonchev–Trinajstić information content (AvgIpc) is 2.36. The molecule has 6 heteroatoms. The zero-order chi connectivity index (χ0) is 13.4. The third kappa shape index (κ3) is 4.20. The number of piperidine rings is 1. The van der Waals surface area contributed by atoms with Crippen LogP contribution in [-0.2, 0) is 9.59 Å². The fraction of sp³-hybridized carbons (Fsp3) is 0.583. The van der Waals surface area contributed by atoms with Crippen LogP contribution in [0.2, 0.25) is 0 Å². The molecule has 1 rings (SSSR count). The van der Waals surface area contributed by atoms with Crippen molar-refractivity contribution in [2.75, 3.05) is 26.7 Å². The first-order chi connectivity index (χ1) is 8.69. The third-order valence-electron chi connectivity index (χ3n) is 2.65. The molecule has 0 radical (unpaired) electrons. The second kappa shape index (κ2) is 7.47. The van der Waals surface area contributed by atoms with Crippen LogP contribution in [-0.4, -0.2) is 49.4 Å². The molecule has 0 aliphatic carbocycles. The highest BCUT2D eigenvalue weighted by molar-refractivity contribution is 5.97. The van der Waals surface area contributed by atoms with Gasteiger partial charge < -0.3 is 10.6 Å². The summed E-state index contributed by atoms with van der Waals surface area (Å²) in [5.41, 5.74) is 0. The Morgan fingerprint density at radius 3 is 2.61 bits per heavy atom. The van der Waals surface area contributed by atoms with E-state index >= 15 is 0 Å². The van der Waals surface area contributed by atoms with Gasteiger partial charge in [0.2, 0.25) is 11.8 Å². The van der Waals surface area contributed by atoms with Crippen LogP contribution in [0.15, 0.2) is 17.6 Å². The highest BCUT2D eigenvalue weighted by Gasteiger charge is 2.24. The van der Waals surface area contributed by atoms with Gasteiger partial charge in [0.05, 0.1) is 0 Å². The summed E-state index contributed by atoms with van der Waals surface area (Å²) in [7, 11) is 1.66. The number of hydrogen-bond donors (Lipinski definition) is 2. The average molecular weight is 252 g/mol. The zero-order valence-corrected chi connectivity index (χ0v) is 10.7. The molecule has 0 aromatic heterocycles. The quantitative estimate of drug-likeness (QED) is 0.309. The molecule has 18 heavy (non-hydrogen) atoms. The van der Waals surface area contributed by atoms with Crippen LogP contribution in [0, 0.1) is 0 Å². The summed E-state index contributed by atoms with van der Waals surface area (Å²) in [6.07, 6.45) is 3.33. The Labute approximate surface area is 107 Å². The van der Waals surface area contributed by atoms with Crippen molar-refractivity contribution >= 4 is 17.8 Å². The molecule has 100 valence electrons. The smallest absolute Gasteiger partial charge is 0.229 e. The number of hydrogen-bond acceptors (Lipinski definition) is 3. The summed E-state index contributed by atoms with van der Waals surface area (Å²) in [6.45, 7) is 5.09. The Bertz CT molecular complexity index is 336. The molecule has 2 N–H and O–H groups in total. The first-order valence-electron chi connectivity index (χ1n) is 6.07. The number of aliphatic imine (C=N–C) groups is 1. The van der Waals surface area contributed by atoms with Gasteiger partial charge in [-0.25, -0.2) is 0 Å². The molecule has 2 amide bonds. The number of amides is 2. The summed E-state index contributed by atoms with van der Waals surface area (Å²) in [5, 5.41) is 6.05. The van der Waals surface area contributed by atoms with Crippen LogP contribution in [0.5, 0.6) is 0 Å². The number of rotatable bonds is 5. The van der Waals surface area contributed by atoms with Crippen molar-refractivity contribution in [2.45, 2.75) is 19.3 Å². The maximum absolute atomic E-state index is 11.5. The molecule has 1 aliphatic heterocycles. The summed E-state index contributed by atoms with van der Waals surface area (Å²) in [6, 6.07) is 0. The van der Waals surface area contributed by atoms with Crippen LogP contribution in [0.25, 0.3) is 0 Å². The van der Waals surface area contributed by atoms with Gasteiger partial charge in [-0.15, -0.1) is 6.58 Å². The fourth-order valence-electron chi connectivity index (χ4n) is 1.72. The summed E-state index contributed by atoms with van der Waals surface area (Å²) < 4.78 is 0. The van der Waals surface area contributed by atoms with Crippen molar-refractivity contribution in [3.05, 3.63) is 12.7 Å². The number of imide groups is 1.